The first-order chi connectivity index (χ1) is 11.4. The van der Waals surface area contributed by atoms with E-state index in [0.717, 1.165) is 19.2 Å². The Bertz CT molecular complexity index is 791. The molecule has 5 N–H and O–H groups in total. The lowest BCUT2D eigenvalue weighted by Crippen LogP contribution is -2.69. The third-order valence-corrected chi connectivity index (χ3v) is 3.89. The largest absolute Gasteiger partial charge is 0.471 e. The number of nitrogens with zero attached hydrogens (tertiary/aromatic N) is 1. The molecule has 0 bridgehead atoms. The second-order valence-corrected chi connectivity index (χ2v) is 5.47. The first-order valence-electron chi connectivity index (χ1n) is 6.77. The van der Waals surface area contributed by atoms with Gasteiger partial charge in [-0.2, -0.15) is 13.2 Å². The number of hydrogen-bond acceptors (Lipinski definition) is 7. The van der Waals surface area contributed by atoms with Crippen molar-refractivity contribution in [2.45, 2.75) is 36.8 Å². The van der Waals surface area contributed by atoms with Gasteiger partial charge in [0.05, 0.1) is 6.61 Å². The summed E-state index contributed by atoms with van der Waals surface area (Å²) in [7, 11) is 0. The zero-order chi connectivity index (χ0) is 19.2. The number of aromatic amines is 1. The summed E-state index contributed by atoms with van der Waals surface area (Å²) >= 11 is 0. The molecule has 0 unspecified atom stereocenters. The van der Waals surface area contributed by atoms with Crippen molar-refractivity contribution in [3.8, 4) is 0 Å². The number of aromatic nitrogens is 2. The van der Waals surface area contributed by atoms with Gasteiger partial charge in [-0.05, 0) is 6.92 Å². The second kappa shape index (κ2) is 5.94. The maximum absolute atomic E-state index is 12.6. The summed E-state index contributed by atoms with van der Waals surface area (Å²) in [5, 5.41) is 31.0. The van der Waals surface area contributed by atoms with Crippen LogP contribution in [0.1, 0.15) is 6.92 Å². The van der Waals surface area contributed by atoms with E-state index in [4.69, 9.17) is 4.74 Å². The molecule has 4 atom stereocenters. The number of alkyl halides is 3. The van der Waals surface area contributed by atoms with Gasteiger partial charge in [0.1, 0.15) is 12.2 Å². The van der Waals surface area contributed by atoms with Crippen molar-refractivity contribution in [2.24, 2.45) is 0 Å². The number of H-pyrrole nitrogens is 1. The van der Waals surface area contributed by atoms with E-state index in [1.54, 1.807) is 4.98 Å². The van der Waals surface area contributed by atoms with Gasteiger partial charge in [0.15, 0.2) is 5.72 Å². The summed E-state index contributed by atoms with van der Waals surface area (Å²) in [5.74, 6) is -2.61. The molecule has 0 spiro atoms. The van der Waals surface area contributed by atoms with Gasteiger partial charge in [0, 0.05) is 12.3 Å². The van der Waals surface area contributed by atoms with Crippen molar-refractivity contribution in [3.63, 3.8) is 0 Å². The highest BCUT2D eigenvalue weighted by molar-refractivity contribution is 5.82. The molecule has 13 heteroatoms. The van der Waals surface area contributed by atoms with E-state index >= 15 is 0 Å². The van der Waals surface area contributed by atoms with Crippen molar-refractivity contribution in [1.29, 1.82) is 0 Å². The van der Waals surface area contributed by atoms with Crippen LogP contribution in [0, 0.1) is 0 Å². The van der Waals surface area contributed by atoms with Crippen LogP contribution in [-0.4, -0.2) is 61.5 Å². The molecule has 1 amide bonds. The predicted molar refractivity (Wildman–Crippen MR) is 72.1 cm³/mol. The smallest absolute Gasteiger partial charge is 0.394 e. The highest BCUT2D eigenvalue weighted by atomic mass is 19.4. The highest BCUT2D eigenvalue weighted by Gasteiger charge is 2.66. The third-order valence-electron chi connectivity index (χ3n) is 3.89. The normalized spacial score (nSPS) is 32.6. The standard InChI is InChI=1S/C12H14F3N3O7/c1-10(18-3-2-6(20)16-9(18)23)11(24,7(21)5(4-19)25-10)17-8(22)12(13,14)15/h2-3,5,7,19,21,24H,4H2,1H3,(H,17,22)(H,16,20,23)/t5-,7-,10-,11-/m1/s1. The van der Waals surface area contributed by atoms with Gasteiger partial charge in [-0.15, -0.1) is 0 Å². The molecular formula is C12H14F3N3O7. The van der Waals surface area contributed by atoms with Crippen molar-refractivity contribution in [3.05, 3.63) is 33.1 Å². The fourth-order valence-electron chi connectivity index (χ4n) is 2.56. The maximum atomic E-state index is 12.6. The van der Waals surface area contributed by atoms with Crippen LogP contribution in [0.4, 0.5) is 13.2 Å². The number of rotatable bonds is 3. The molecule has 1 saturated heterocycles. The molecule has 1 aromatic heterocycles. The monoisotopic (exact) mass is 369 g/mol. The second-order valence-electron chi connectivity index (χ2n) is 5.47. The molecule has 0 aromatic carbocycles. The minimum Gasteiger partial charge on any atom is -0.394 e. The van der Waals surface area contributed by atoms with Gasteiger partial charge in [-0.3, -0.25) is 19.1 Å². The molecule has 0 radical (unpaired) electrons. The Morgan fingerprint density at radius 1 is 1.48 bits per heavy atom. The lowest BCUT2D eigenvalue weighted by molar-refractivity contribution is -0.217. The first kappa shape index (κ1) is 19.1. The number of aliphatic hydroxyl groups excluding tert-OH is 2. The Kier molecular flexibility index (Phi) is 4.54. The van der Waals surface area contributed by atoms with Gasteiger partial charge in [-0.25, -0.2) is 4.79 Å². The summed E-state index contributed by atoms with van der Waals surface area (Å²) in [5.41, 5.74) is -7.68. The summed E-state index contributed by atoms with van der Waals surface area (Å²) in [4.78, 5) is 36.1. The number of carbonyl (C=O) groups is 1. The zero-order valence-corrected chi connectivity index (χ0v) is 12.6. The SMILES string of the molecule is C[C@@]1(n2ccc(=O)[nH]c2=O)O[C@H](CO)[C@@H](O)[C@]1(O)NC(=O)C(F)(F)F. The van der Waals surface area contributed by atoms with Crippen LogP contribution in [-0.2, 0) is 15.3 Å². The van der Waals surface area contributed by atoms with Gasteiger partial charge in [0.25, 0.3) is 5.56 Å². The molecule has 10 nitrogen and oxygen atoms in total. The lowest BCUT2D eigenvalue weighted by Gasteiger charge is -2.40. The van der Waals surface area contributed by atoms with E-state index in [1.807, 2.05) is 0 Å². The fraction of sp³-hybridized carbons (Fsp3) is 0.583. The number of ether oxygens (including phenoxy) is 1. The number of amides is 1. The minimum absolute atomic E-state index is 0.476. The molecule has 2 heterocycles. The number of aliphatic hydroxyl groups is 3. The van der Waals surface area contributed by atoms with Crippen LogP contribution in [0.5, 0.6) is 0 Å². The maximum Gasteiger partial charge on any atom is 0.471 e. The molecule has 1 aromatic rings. The molecule has 25 heavy (non-hydrogen) atoms. The minimum atomic E-state index is -5.41. The van der Waals surface area contributed by atoms with Gasteiger partial charge >= 0.3 is 17.8 Å². The van der Waals surface area contributed by atoms with Crippen LogP contribution in [0.3, 0.4) is 0 Å². The first-order valence-corrected chi connectivity index (χ1v) is 6.77. The zero-order valence-electron chi connectivity index (χ0n) is 12.6. The molecule has 140 valence electrons. The van der Waals surface area contributed by atoms with Crippen molar-refractivity contribution < 1.29 is 38.0 Å². The van der Waals surface area contributed by atoms with E-state index in [1.165, 1.54) is 5.32 Å². The van der Waals surface area contributed by atoms with Crippen LogP contribution >= 0.6 is 0 Å². The molecule has 1 fully saturated rings. The van der Waals surface area contributed by atoms with Crippen molar-refractivity contribution >= 4 is 5.91 Å². The Morgan fingerprint density at radius 2 is 2.08 bits per heavy atom. The Balaban J connectivity index is 2.61. The third kappa shape index (κ3) is 2.95. The van der Waals surface area contributed by atoms with Gasteiger partial charge in [-0.1, -0.05) is 0 Å². The highest BCUT2D eigenvalue weighted by Crippen LogP contribution is 2.41. The van der Waals surface area contributed by atoms with Crippen molar-refractivity contribution in [2.75, 3.05) is 6.61 Å². The van der Waals surface area contributed by atoms with Crippen LogP contribution in [0.15, 0.2) is 21.9 Å². The van der Waals surface area contributed by atoms with E-state index in [9.17, 15) is 42.9 Å². The molecule has 2 rings (SSSR count). The summed E-state index contributed by atoms with van der Waals surface area (Å²) in [6, 6.07) is 0.806. The van der Waals surface area contributed by atoms with Crippen LogP contribution < -0.4 is 16.6 Å². The Labute approximate surface area is 136 Å². The molecule has 0 aliphatic carbocycles. The molecular weight excluding hydrogens is 355 g/mol. The average Bonchev–Trinajstić information content (AvgIpc) is 2.68. The van der Waals surface area contributed by atoms with Crippen molar-refractivity contribution in [1.82, 2.24) is 14.9 Å². The number of nitrogens with one attached hydrogen (secondary N) is 2. The summed E-state index contributed by atoms with van der Waals surface area (Å²) in [6.07, 6.45) is -8.49. The van der Waals surface area contributed by atoms with Gasteiger partial charge < -0.3 is 25.4 Å². The van der Waals surface area contributed by atoms with Crippen LogP contribution in [0.25, 0.3) is 0 Å². The molecule has 1 aliphatic heterocycles. The summed E-state index contributed by atoms with van der Waals surface area (Å²) < 4.78 is 43.3. The van der Waals surface area contributed by atoms with E-state index in [0.29, 0.717) is 4.57 Å². The Morgan fingerprint density at radius 3 is 2.56 bits per heavy atom. The number of carbonyl (C=O) groups excluding carboxylic acids is 1. The molecule has 1 aliphatic rings. The fourth-order valence-corrected chi connectivity index (χ4v) is 2.56. The predicted octanol–water partition coefficient (Wildman–Crippen LogP) is -2.67. The molecule has 0 saturated carbocycles. The summed E-state index contributed by atoms with van der Waals surface area (Å²) in [6.45, 7) is -0.0543. The van der Waals surface area contributed by atoms with Gasteiger partial charge in [0.2, 0.25) is 5.72 Å². The number of hydrogen-bond donors (Lipinski definition) is 5. The number of halogens is 3. The van der Waals surface area contributed by atoms with E-state index in [-0.39, 0.29) is 0 Å². The van der Waals surface area contributed by atoms with E-state index < -0.39 is 53.6 Å². The van der Waals surface area contributed by atoms with E-state index in [2.05, 4.69) is 0 Å². The topological polar surface area (TPSA) is 154 Å². The average molecular weight is 369 g/mol. The van der Waals surface area contributed by atoms with Crippen LogP contribution in [0.2, 0.25) is 0 Å². The lowest BCUT2D eigenvalue weighted by atomic mass is 9.95. The Hall–Kier alpha value is -2.22. The quantitative estimate of drug-likeness (QED) is 0.364.